The van der Waals surface area contributed by atoms with E-state index in [1.165, 1.54) is 14.0 Å². The van der Waals surface area contributed by atoms with Gasteiger partial charge in [0.15, 0.2) is 5.82 Å². The van der Waals surface area contributed by atoms with Gasteiger partial charge in [0.05, 0.1) is 0 Å². The van der Waals surface area contributed by atoms with Gasteiger partial charge < -0.3 is 5.11 Å². The Morgan fingerprint density at radius 2 is 1.94 bits per heavy atom. The van der Waals surface area contributed by atoms with Crippen molar-refractivity contribution in [2.24, 2.45) is 0 Å². The van der Waals surface area contributed by atoms with Gasteiger partial charge in [0, 0.05) is 13.6 Å². The molecular formula is C10H11F2NO4S. The first-order valence-electron chi connectivity index (χ1n) is 4.91. The highest BCUT2D eigenvalue weighted by Crippen LogP contribution is 2.23. The normalized spacial score (nSPS) is 11.8. The Morgan fingerprint density at radius 1 is 1.39 bits per heavy atom. The van der Waals surface area contributed by atoms with E-state index in [0.29, 0.717) is 12.1 Å². The zero-order chi connectivity index (χ0) is 14.1. The summed E-state index contributed by atoms with van der Waals surface area (Å²) in [6, 6.07) is 1.32. The molecule has 0 aliphatic rings. The number of hydrogen-bond donors (Lipinski definition) is 1. The SMILES string of the molecule is CCN(C)S(=O)(=O)c1ccc(F)c(C(=O)O)c1F. The van der Waals surface area contributed by atoms with Gasteiger partial charge >= 0.3 is 5.97 Å². The van der Waals surface area contributed by atoms with E-state index in [1.54, 1.807) is 0 Å². The highest BCUT2D eigenvalue weighted by atomic mass is 32.2. The average molecular weight is 279 g/mol. The number of nitrogens with zero attached hydrogens (tertiary/aromatic N) is 1. The van der Waals surface area contributed by atoms with E-state index in [2.05, 4.69) is 0 Å². The minimum absolute atomic E-state index is 0.0710. The van der Waals surface area contributed by atoms with Crippen molar-refractivity contribution >= 4 is 16.0 Å². The molecule has 0 spiro atoms. The molecule has 0 aliphatic heterocycles. The van der Waals surface area contributed by atoms with Gasteiger partial charge in [-0.2, -0.15) is 0 Å². The molecule has 5 nitrogen and oxygen atoms in total. The number of rotatable bonds is 4. The summed E-state index contributed by atoms with van der Waals surface area (Å²) >= 11 is 0. The van der Waals surface area contributed by atoms with Crippen molar-refractivity contribution in [2.45, 2.75) is 11.8 Å². The first-order valence-corrected chi connectivity index (χ1v) is 6.35. The van der Waals surface area contributed by atoms with Crippen LogP contribution >= 0.6 is 0 Å². The quantitative estimate of drug-likeness (QED) is 0.901. The zero-order valence-corrected chi connectivity index (χ0v) is 10.5. The molecule has 0 radical (unpaired) electrons. The molecule has 0 fully saturated rings. The second kappa shape index (κ2) is 4.99. The molecule has 1 aromatic rings. The molecule has 0 atom stereocenters. The molecule has 0 saturated carbocycles. The molecule has 0 amide bonds. The number of benzene rings is 1. The monoisotopic (exact) mass is 279 g/mol. The first-order chi connectivity index (χ1) is 8.23. The molecule has 1 rings (SSSR count). The van der Waals surface area contributed by atoms with E-state index in [4.69, 9.17) is 5.11 Å². The lowest BCUT2D eigenvalue weighted by Gasteiger charge is -2.16. The van der Waals surface area contributed by atoms with Gasteiger partial charge in [0.25, 0.3) is 0 Å². The molecular weight excluding hydrogens is 268 g/mol. The Morgan fingerprint density at radius 3 is 2.39 bits per heavy atom. The molecule has 8 heteroatoms. The fraction of sp³-hybridized carbons (Fsp3) is 0.300. The van der Waals surface area contributed by atoms with E-state index < -0.39 is 38.1 Å². The summed E-state index contributed by atoms with van der Waals surface area (Å²) in [6.45, 7) is 1.60. The number of carbonyl (C=O) groups is 1. The van der Waals surface area contributed by atoms with E-state index in [9.17, 15) is 22.0 Å². The number of hydrogen-bond acceptors (Lipinski definition) is 3. The van der Waals surface area contributed by atoms with Crippen molar-refractivity contribution in [3.8, 4) is 0 Å². The van der Waals surface area contributed by atoms with Crippen molar-refractivity contribution in [3.63, 3.8) is 0 Å². The van der Waals surface area contributed by atoms with Crippen molar-refractivity contribution < 1.29 is 27.1 Å². The van der Waals surface area contributed by atoms with E-state index in [-0.39, 0.29) is 6.54 Å². The van der Waals surface area contributed by atoms with Crippen LogP contribution in [0.3, 0.4) is 0 Å². The summed E-state index contributed by atoms with van der Waals surface area (Å²) in [6.07, 6.45) is 0. The van der Waals surface area contributed by atoms with Gasteiger partial charge in [-0.15, -0.1) is 0 Å². The van der Waals surface area contributed by atoms with Gasteiger partial charge in [-0.05, 0) is 12.1 Å². The molecule has 0 aromatic heterocycles. The first kappa shape index (κ1) is 14.5. The largest absolute Gasteiger partial charge is 0.477 e. The van der Waals surface area contributed by atoms with Crippen LogP contribution in [0.2, 0.25) is 0 Å². The molecule has 0 bridgehead atoms. The van der Waals surface area contributed by atoms with Crippen LogP contribution in [-0.4, -0.2) is 37.4 Å². The van der Waals surface area contributed by atoms with Gasteiger partial charge in [-0.1, -0.05) is 6.92 Å². The number of halogens is 2. The standard InChI is InChI=1S/C10H11F2NO4S/c1-3-13(2)18(16,17)7-5-4-6(11)8(9(7)12)10(14)15/h4-5H,3H2,1-2H3,(H,14,15). The minimum Gasteiger partial charge on any atom is -0.477 e. The van der Waals surface area contributed by atoms with Gasteiger partial charge in [-0.3, -0.25) is 0 Å². The lowest BCUT2D eigenvalue weighted by atomic mass is 10.2. The molecule has 100 valence electrons. The van der Waals surface area contributed by atoms with Crippen LogP contribution in [0, 0.1) is 11.6 Å². The van der Waals surface area contributed by atoms with Crippen LogP contribution in [-0.2, 0) is 10.0 Å². The lowest BCUT2D eigenvalue weighted by Crippen LogP contribution is -2.28. The summed E-state index contributed by atoms with van der Waals surface area (Å²) in [7, 11) is -2.96. The molecule has 0 heterocycles. The third kappa shape index (κ3) is 2.34. The van der Waals surface area contributed by atoms with Crippen LogP contribution in [0.25, 0.3) is 0 Å². The average Bonchev–Trinajstić information content (AvgIpc) is 2.26. The third-order valence-corrected chi connectivity index (χ3v) is 4.35. The Balaban J connectivity index is 3.55. The smallest absolute Gasteiger partial charge is 0.341 e. The van der Waals surface area contributed by atoms with Crippen molar-refractivity contribution in [1.82, 2.24) is 4.31 Å². The lowest BCUT2D eigenvalue weighted by molar-refractivity contribution is 0.0685. The Hall–Kier alpha value is -1.54. The van der Waals surface area contributed by atoms with Gasteiger partial charge in [-0.25, -0.2) is 26.3 Å². The van der Waals surface area contributed by atoms with Crippen LogP contribution in [0.15, 0.2) is 17.0 Å². The number of aromatic carboxylic acids is 1. The molecule has 0 aliphatic carbocycles. The van der Waals surface area contributed by atoms with Gasteiger partial charge in [0.2, 0.25) is 10.0 Å². The molecule has 18 heavy (non-hydrogen) atoms. The topological polar surface area (TPSA) is 74.7 Å². The van der Waals surface area contributed by atoms with Crippen molar-refractivity contribution in [1.29, 1.82) is 0 Å². The third-order valence-electron chi connectivity index (χ3n) is 2.40. The molecule has 0 unspecified atom stereocenters. The highest BCUT2D eigenvalue weighted by Gasteiger charge is 2.29. The molecule has 1 aromatic carbocycles. The predicted octanol–water partition coefficient (Wildman–Crippen LogP) is 1.30. The Bertz CT molecular complexity index is 586. The highest BCUT2D eigenvalue weighted by molar-refractivity contribution is 7.89. The van der Waals surface area contributed by atoms with Crippen molar-refractivity contribution in [2.75, 3.05) is 13.6 Å². The second-order valence-corrected chi connectivity index (χ2v) is 5.47. The van der Waals surface area contributed by atoms with E-state index in [0.717, 1.165) is 4.31 Å². The van der Waals surface area contributed by atoms with Crippen LogP contribution in [0.4, 0.5) is 8.78 Å². The van der Waals surface area contributed by atoms with E-state index >= 15 is 0 Å². The summed E-state index contributed by atoms with van der Waals surface area (Å²) in [4.78, 5) is 9.82. The van der Waals surface area contributed by atoms with Gasteiger partial charge in [0.1, 0.15) is 16.3 Å². The van der Waals surface area contributed by atoms with Crippen LogP contribution in [0.1, 0.15) is 17.3 Å². The Kier molecular flexibility index (Phi) is 4.02. The fourth-order valence-electron chi connectivity index (χ4n) is 1.27. The van der Waals surface area contributed by atoms with Crippen molar-refractivity contribution in [3.05, 3.63) is 29.3 Å². The summed E-state index contributed by atoms with van der Waals surface area (Å²) < 4.78 is 51.4. The maximum atomic E-state index is 13.7. The predicted molar refractivity (Wildman–Crippen MR) is 58.8 cm³/mol. The summed E-state index contributed by atoms with van der Waals surface area (Å²) in [5.41, 5.74) is -1.28. The van der Waals surface area contributed by atoms with Crippen LogP contribution in [0.5, 0.6) is 0 Å². The second-order valence-electron chi connectivity index (χ2n) is 3.46. The maximum Gasteiger partial charge on any atom is 0.341 e. The summed E-state index contributed by atoms with van der Waals surface area (Å²) in [5.74, 6) is -4.78. The zero-order valence-electron chi connectivity index (χ0n) is 9.65. The number of carboxylic acids is 1. The summed E-state index contributed by atoms with van der Waals surface area (Å²) in [5, 5.41) is 8.64. The Labute approximate surface area is 103 Å². The van der Waals surface area contributed by atoms with E-state index in [1.807, 2.05) is 0 Å². The molecule has 1 N–H and O–H groups in total. The number of sulfonamides is 1. The maximum absolute atomic E-state index is 13.7. The number of carboxylic acid groups (broad SMARTS) is 1. The fourth-order valence-corrected chi connectivity index (χ4v) is 2.51. The minimum atomic E-state index is -4.16. The molecule has 0 saturated heterocycles. The van der Waals surface area contributed by atoms with Crippen LogP contribution < -0.4 is 0 Å².